The number of hydrogen-bond donors (Lipinski definition) is 0. The zero-order valence-corrected chi connectivity index (χ0v) is 14.4. The Kier molecular flexibility index (Phi) is 5.85. The number of hydrogen-bond acceptors (Lipinski definition) is 3. The first-order valence-electron chi connectivity index (χ1n) is 8.99. The number of carbonyl (C=O) groups excluding carboxylic acids is 1. The summed E-state index contributed by atoms with van der Waals surface area (Å²) in [7, 11) is 0. The molecule has 1 aromatic rings. The van der Waals surface area contributed by atoms with Gasteiger partial charge in [0.2, 0.25) is 5.91 Å². The van der Waals surface area contributed by atoms with Gasteiger partial charge in [0.25, 0.3) is 0 Å². The van der Waals surface area contributed by atoms with Gasteiger partial charge < -0.3 is 9.64 Å². The van der Waals surface area contributed by atoms with Crippen molar-refractivity contribution in [2.75, 3.05) is 39.3 Å². The number of carbonyl (C=O) groups is 1. The van der Waals surface area contributed by atoms with Crippen molar-refractivity contribution in [2.24, 2.45) is 5.92 Å². The molecule has 0 radical (unpaired) electrons. The molecular formula is C19H27FN2O2. The molecule has 2 saturated heterocycles. The average Bonchev–Trinajstić information content (AvgIpc) is 2.61. The van der Waals surface area contributed by atoms with Crippen molar-refractivity contribution in [3.8, 4) is 0 Å². The molecule has 0 bridgehead atoms. The lowest BCUT2D eigenvalue weighted by atomic mass is 9.99. The number of piperidine rings is 1. The largest absolute Gasteiger partial charge is 0.371 e. The van der Waals surface area contributed by atoms with Crippen LogP contribution >= 0.6 is 0 Å². The van der Waals surface area contributed by atoms with Gasteiger partial charge in [0.15, 0.2) is 0 Å². The van der Waals surface area contributed by atoms with Gasteiger partial charge in [-0.25, -0.2) is 4.39 Å². The van der Waals surface area contributed by atoms with E-state index < -0.39 is 0 Å². The lowest BCUT2D eigenvalue weighted by Gasteiger charge is -2.34. The third-order valence-corrected chi connectivity index (χ3v) is 5.17. The van der Waals surface area contributed by atoms with Crippen molar-refractivity contribution >= 4 is 5.91 Å². The van der Waals surface area contributed by atoms with E-state index in [-0.39, 0.29) is 17.8 Å². The van der Waals surface area contributed by atoms with Crippen molar-refractivity contribution in [1.82, 2.24) is 9.80 Å². The average molecular weight is 334 g/mol. The number of nitrogens with zero attached hydrogens (tertiary/aromatic N) is 2. The van der Waals surface area contributed by atoms with Gasteiger partial charge in [0, 0.05) is 39.1 Å². The zero-order valence-electron chi connectivity index (χ0n) is 14.4. The predicted octanol–water partition coefficient (Wildman–Crippen LogP) is 2.85. The minimum atomic E-state index is -0.229. The van der Waals surface area contributed by atoms with E-state index in [2.05, 4.69) is 11.8 Å². The van der Waals surface area contributed by atoms with E-state index in [4.69, 9.17) is 4.74 Å². The molecule has 1 aromatic carbocycles. The third-order valence-electron chi connectivity index (χ3n) is 5.17. The Morgan fingerprint density at radius 1 is 1.21 bits per heavy atom. The normalized spacial score (nSPS) is 23.4. The summed E-state index contributed by atoms with van der Waals surface area (Å²) in [6, 6.07) is 6.50. The molecule has 2 aliphatic heterocycles. The fourth-order valence-corrected chi connectivity index (χ4v) is 3.45. The third kappa shape index (κ3) is 4.54. The molecule has 0 aliphatic carbocycles. The zero-order chi connectivity index (χ0) is 16.9. The van der Waals surface area contributed by atoms with Crippen LogP contribution in [0.2, 0.25) is 0 Å². The maximum absolute atomic E-state index is 13.0. The van der Waals surface area contributed by atoms with Crippen LogP contribution in [-0.4, -0.2) is 55.0 Å². The highest BCUT2D eigenvalue weighted by Gasteiger charge is 2.24. The Labute approximate surface area is 143 Å². The van der Waals surface area contributed by atoms with Crippen molar-refractivity contribution in [2.45, 2.75) is 32.3 Å². The summed E-state index contributed by atoms with van der Waals surface area (Å²) in [5.74, 6) is 0.782. The Morgan fingerprint density at radius 3 is 2.62 bits per heavy atom. The number of halogens is 1. The highest BCUT2D eigenvalue weighted by atomic mass is 19.1. The van der Waals surface area contributed by atoms with Crippen LogP contribution in [0, 0.1) is 11.7 Å². The molecule has 0 unspecified atom stereocenters. The molecule has 0 saturated carbocycles. The maximum Gasteiger partial charge on any atom is 0.223 e. The molecule has 0 N–H and O–H groups in total. The number of ether oxygens (including phenoxy) is 1. The minimum Gasteiger partial charge on any atom is -0.371 e. The van der Waals surface area contributed by atoms with Crippen LogP contribution < -0.4 is 0 Å². The Bertz CT molecular complexity index is 541. The van der Waals surface area contributed by atoms with Crippen molar-refractivity contribution in [3.05, 3.63) is 35.6 Å². The highest BCUT2D eigenvalue weighted by molar-refractivity contribution is 5.76. The summed E-state index contributed by atoms with van der Waals surface area (Å²) in [5, 5.41) is 0. The van der Waals surface area contributed by atoms with Gasteiger partial charge >= 0.3 is 0 Å². The number of rotatable bonds is 4. The quantitative estimate of drug-likeness (QED) is 0.849. The first kappa shape index (κ1) is 17.4. The van der Waals surface area contributed by atoms with E-state index in [0.717, 1.165) is 57.0 Å². The van der Waals surface area contributed by atoms with Gasteiger partial charge in [0.1, 0.15) is 5.82 Å². The number of morpholine rings is 1. The molecule has 2 aliphatic rings. The van der Waals surface area contributed by atoms with E-state index in [1.165, 1.54) is 12.1 Å². The molecule has 0 spiro atoms. The summed E-state index contributed by atoms with van der Waals surface area (Å²) in [4.78, 5) is 16.7. The van der Waals surface area contributed by atoms with Crippen LogP contribution in [0.25, 0.3) is 0 Å². The molecule has 1 amide bonds. The monoisotopic (exact) mass is 334 g/mol. The van der Waals surface area contributed by atoms with E-state index >= 15 is 0 Å². The van der Waals surface area contributed by atoms with Gasteiger partial charge in [-0.15, -0.1) is 0 Å². The molecule has 2 fully saturated rings. The van der Waals surface area contributed by atoms with Gasteiger partial charge in [0.05, 0.1) is 12.7 Å². The summed E-state index contributed by atoms with van der Waals surface area (Å²) in [5.41, 5.74) is 0.998. The standard InChI is InChI=1S/C19H27FN2O2/c1-15-6-10-22(11-7-15)19(23)8-9-21-12-13-24-18(14-21)16-2-4-17(20)5-3-16/h2-5,15,18H,6-14H2,1H3/t18-/m0/s1. The molecular weight excluding hydrogens is 307 g/mol. The molecule has 2 heterocycles. The van der Waals surface area contributed by atoms with Gasteiger partial charge in [-0.1, -0.05) is 19.1 Å². The Balaban J connectivity index is 1.47. The second-order valence-corrected chi connectivity index (χ2v) is 7.02. The van der Waals surface area contributed by atoms with Gasteiger partial charge in [-0.3, -0.25) is 9.69 Å². The lowest BCUT2D eigenvalue weighted by Crippen LogP contribution is -2.42. The van der Waals surface area contributed by atoms with Crippen molar-refractivity contribution < 1.29 is 13.9 Å². The van der Waals surface area contributed by atoms with Crippen LogP contribution in [0.4, 0.5) is 4.39 Å². The molecule has 5 heteroatoms. The Morgan fingerprint density at radius 2 is 1.92 bits per heavy atom. The van der Waals surface area contributed by atoms with E-state index in [0.29, 0.717) is 13.0 Å². The van der Waals surface area contributed by atoms with Crippen molar-refractivity contribution in [1.29, 1.82) is 0 Å². The molecule has 4 nitrogen and oxygen atoms in total. The topological polar surface area (TPSA) is 32.8 Å². The van der Waals surface area contributed by atoms with Crippen LogP contribution in [0.15, 0.2) is 24.3 Å². The van der Waals surface area contributed by atoms with Crippen LogP contribution in [0.5, 0.6) is 0 Å². The summed E-state index contributed by atoms with van der Waals surface area (Å²) < 4.78 is 18.9. The second-order valence-electron chi connectivity index (χ2n) is 7.02. The second kappa shape index (κ2) is 8.08. The van der Waals surface area contributed by atoms with Crippen LogP contribution in [-0.2, 0) is 9.53 Å². The van der Waals surface area contributed by atoms with E-state index in [1.807, 2.05) is 4.90 Å². The van der Waals surface area contributed by atoms with Crippen LogP contribution in [0.3, 0.4) is 0 Å². The SMILES string of the molecule is CC1CCN(C(=O)CCN2CCO[C@H](c3ccc(F)cc3)C2)CC1. The molecule has 132 valence electrons. The smallest absolute Gasteiger partial charge is 0.223 e. The fraction of sp³-hybridized carbons (Fsp3) is 0.632. The fourth-order valence-electron chi connectivity index (χ4n) is 3.45. The number of benzene rings is 1. The minimum absolute atomic E-state index is 0.0368. The molecule has 0 aromatic heterocycles. The van der Waals surface area contributed by atoms with E-state index in [1.54, 1.807) is 12.1 Å². The highest BCUT2D eigenvalue weighted by Crippen LogP contribution is 2.23. The maximum atomic E-state index is 13.0. The molecule has 1 atom stereocenters. The number of amides is 1. The predicted molar refractivity (Wildman–Crippen MR) is 91.1 cm³/mol. The summed E-state index contributed by atoms with van der Waals surface area (Å²) >= 11 is 0. The molecule has 24 heavy (non-hydrogen) atoms. The van der Waals surface area contributed by atoms with Gasteiger partial charge in [-0.05, 0) is 36.5 Å². The molecule has 3 rings (SSSR count). The summed E-state index contributed by atoms with van der Waals surface area (Å²) in [6.45, 7) is 7.09. The van der Waals surface area contributed by atoms with Crippen LogP contribution in [0.1, 0.15) is 37.9 Å². The first-order valence-corrected chi connectivity index (χ1v) is 8.99. The van der Waals surface area contributed by atoms with Crippen molar-refractivity contribution in [3.63, 3.8) is 0 Å². The van der Waals surface area contributed by atoms with E-state index in [9.17, 15) is 9.18 Å². The lowest BCUT2D eigenvalue weighted by molar-refractivity contribution is -0.133. The van der Waals surface area contributed by atoms with Gasteiger partial charge in [-0.2, -0.15) is 0 Å². The number of likely N-dealkylation sites (tertiary alicyclic amines) is 1. The first-order chi connectivity index (χ1) is 11.6. The summed E-state index contributed by atoms with van der Waals surface area (Å²) in [6.07, 6.45) is 2.78. The Hall–Kier alpha value is -1.46.